The summed E-state index contributed by atoms with van der Waals surface area (Å²) < 4.78 is 0. The molecule has 2 aliphatic carbocycles. The maximum absolute atomic E-state index is 2.57. The van der Waals surface area contributed by atoms with Crippen LogP contribution in [0.5, 0.6) is 0 Å². The van der Waals surface area contributed by atoms with Gasteiger partial charge in [0.05, 0.1) is 11.4 Å². The minimum atomic E-state index is -0.187. The zero-order chi connectivity index (χ0) is 39.3. The van der Waals surface area contributed by atoms with Gasteiger partial charge in [0, 0.05) is 27.6 Å². The number of fused-ring (bicyclic) bond motifs is 7. The van der Waals surface area contributed by atoms with Gasteiger partial charge in [-0.05, 0) is 108 Å². The SMILES string of the molecule is CC(C)(C)c1ccc(N(c2ccc3c(c2)-c2ccccc2C3(C)C)c2ccc3ccccc3c2-c2cccc3c2C(C)(C)c2ccccc2-3)c(-c2ccccc2)c1. The van der Waals surface area contributed by atoms with E-state index in [0.717, 1.165) is 11.4 Å². The quantitative estimate of drug-likeness (QED) is 0.170. The van der Waals surface area contributed by atoms with Crippen molar-refractivity contribution in [2.24, 2.45) is 0 Å². The van der Waals surface area contributed by atoms with Crippen LogP contribution in [0.3, 0.4) is 0 Å². The minimum absolute atomic E-state index is 0.0188. The van der Waals surface area contributed by atoms with Crippen LogP contribution in [0.25, 0.3) is 55.3 Å². The molecule has 2 aliphatic rings. The first-order chi connectivity index (χ1) is 27.4. The summed E-state index contributed by atoms with van der Waals surface area (Å²) in [5, 5.41) is 2.48. The van der Waals surface area contributed by atoms with E-state index >= 15 is 0 Å². The minimum Gasteiger partial charge on any atom is -0.309 e. The largest absolute Gasteiger partial charge is 0.309 e. The first-order valence-electron chi connectivity index (χ1n) is 20.4. The van der Waals surface area contributed by atoms with E-state index in [9.17, 15) is 0 Å². The Hall–Kier alpha value is -6.18. The molecular weight excluding hydrogens is 687 g/mol. The fourth-order valence-electron chi connectivity index (χ4n) is 10.1. The van der Waals surface area contributed by atoms with Crippen molar-refractivity contribution in [1.29, 1.82) is 0 Å². The summed E-state index contributed by atoms with van der Waals surface area (Å²) in [6.07, 6.45) is 0. The van der Waals surface area contributed by atoms with Crippen LogP contribution < -0.4 is 4.90 Å². The molecule has 0 aromatic heterocycles. The zero-order valence-corrected chi connectivity index (χ0v) is 34.1. The second-order valence-corrected chi connectivity index (χ2v) is 18.2. The Bertz CT molecular complexity index is 2880. The molecule has 0 saturated carbocycles. The third-order valence-corrected chi connectivity index (χ3v) is 13.0. The molecule has 0 radical (unpaired) electrons. The van der Waals surface area contributed by atoms with Gasteiger partial charge in [-0.3, -0.25) is 0 Å². The molecule has 0 saturated heterocycles. The Morgan fingerprint density at radius 2 is 1.02 bits per heavy atom. The van der Waals surface area contributed by atoms with Gasteiger partial charge < -0.3 is 4.90 Å². The van der Waals surface area contributed by atoms with Crippen LogP contribution in [0, 0.1) is 0 Å². The Morgan fingerprint density at radius 1 is 0.421 bits per heavy atom. The van der Waals surface area contributed by atoms with Gasteiger partial charge in [-0.1, -0.05) is 188 Å². The lowest BCUT2D eigenvalue weighted by Gasteiger charge is -2.33. The van der Waals surface area contributed by atoms with E-state index in [1.54, 1.807) is 0 Å². The van der Waals surface area contributed by atoms with E-state index in [0.29, 0.717) is 0 Å². The highest BCUT2D eigenvalue weighted by Crippen LogP contribution is 2.57. The van der Waals surface area contributed by atoms with Crippen molar-refractivity contribution in [3.63, 3.8) is 0 Å². The highest BCUT2D eigenvalue weighted by Gasteiger charge is 2.39. The van der Waals surface area contributed by atoms with Crippen molar-refractivity contribution in [1.82, 2.24) is 0 Å². The first kappa shape index (κ1) is 35.2. The van der Waals surface area contributed by atoms with Gasteiger partial charge in [0.15, 0.2) is 0 Å². The van der Waals surface area contributed by atoms with Crippen molar-refractivity contribution < 1.29 is 0 Å². The molecule has 278 valence electrons. The molecule has 0 heterocycles. The lowest BCUT2D eigenvalue weighted by molar-refractivity contribution is 0.590. The number of benzene rings is 8. The molecule has 0 spiro atoms. The monoisotopic (exact) mass is 735 g/mol. The number of hydrogen-bond donors (Lipinski definition) is 0. The van der Waals surface area contributed by atoms with Crippen molar-refractivity contribution in [2.45, 2.75) is 64.7 Å². The number of anilines is 3. The molecule has 0 aliphatic heterocycles. The second kappa shape index (κ2) is 12.7. The molecule has 1 nitrogen and oxygen atoms in total. The Balaban J connectivity index is 1.32. The van der Waals surface area contributed by atoms with Crippen molar-refractivity contribution >= 4 is 27.8 Å². The van der Waals surface area contributed by atoms with Crippen LogP contribution in [-0.4, -0.2) is 0 Å². The number of hydrogen-bond acceptors (Lipinski definition) is 1. The second-order valence-electron chi connectivity index (χ2n) is 18.2. The van der Waals surface area contributed by atoms with Crippen LogP contribution in [0.4, 0.5) is 17.1 Å². The van der Waals surface area contributed by atoms with Crippen LogP contribution >= 0.6 is 0 Å². The maximum Gasteiger partial charge on any atom is 0.0546 e. The lowest BCUT2D eigenvalue weighted by Crippen LogP contribution is -2.18. The van der Waals surface area contributed by atoms with E-state index in [-0.39, 0.29) is 16.2 Å². The van der Waals surface area contributed by atoms with Crippen molar-refractivity contribution in [2.75, 3.05) is 4.90 Å². The van der Waals surface area contributed by atoms with Crippen LogP contribution in [-0.2, 0) is 16.2 Å². The summed E-state index contributed by atoms with van der Waals surface area (Å²) >= 11 is 0. The molecule has 8 aromatic rings. The first-order valence-corrected chi connectivity index (χ1v) is 20.4. The maximum atomic E-state index is 2.57. The van der Waals surface area contributed by atoms with Gasteiger partial charge in [-0.25, -0.2) is 0 Å². The summed E-state index contributed by atoms with van der Waals surface area (Å²) in [4.78, 5) is 2.57. The third kappa shape index (κ3) is 5.36. The molecule has 0 amide bonds. The topological polar surface area (TPSA) is 3.24 Å². The normalized spacial score (nSPS) is 14.5. The van der Waals surface area contributed by atoms with Crippen LogP contribution in [0.15, 0.2) is 170 Å². The Kier molecular flexibility index (Phi) is 7.83. The van der Waals surface area contributed by atoms with Gasteiger partial charge in [0.25, 0.3) is 0 Å². The predicted molar refractivity (Wildman–Crippen MR) is 243 cm³/mol. The molecule has 1 heteroatoms. The van der Waals surface area contributed by atoms with E-state index in [4.69, 9.17) is 0 Å². The Labute approximate surface area is 338 Å². The van der Waals surface area contributed by atoms with Gasteiger partial charge in [-0.15, -0.1) is 0 Å². The van der Waals surface area contributed by atoms with Gasteiger partial charge >= 0.3 is 0 Å². The molecular formula is C56H49N. The lowest BCUT2D eigenvalue weighted by atomic mass is 9.78. The summed E-state index contributed by atoms with van der Waals surface area (Å²) in [6, 6.07) is 63.9. The van der Waals surface area contributed by atoms with E-state index in [1.807, 2.05) is 0 Å². The highest BCUT2D eigenvalue weighted by molar-refractivity contribution is 6.08. The summed E-state index contributed by atoms with van der Waals surface area (Å²) in [5.41, 5.74) is 20.3. The molecule has 0 unspecified atom stereocenters. The van der Waals surface area contributed by atoms with E-state index < -0.39 is 0 Å². The molecule has 57 heavy (non-hydrogen) atoms. The summed E-state index contributed by atoms with van der Waals surface area (Å²) in [6.45, 7) is 16.5. The summed E-state index contributed by atoms with van der Waals surface area (Å²) in [5.74, 6) is 0. The highest BCUT2D eigenvalue weighted by atomic mass is 15.1. The zero-order valence-electron chi connectivity index (χ0n) is 34.1. The molecule has 10 rings (SSSR count). The van der Waals surface area contributed by atoms with Crippen molar-refractivity contribution in [3.05, 3.63) is 198 Å². The van der Waals surface area contributed by atoms with E-state index in [2.05, 4.69) is 223 Å². The molecule has 0 atom stereocenters. The molecule has 0 N–H and O–H groups in total. The van der Waals surface area contributed by atoms with E-state index in [1.165, 1.54) is 88.8 Å². The number of rotatable bonds is 5. The standard InChI is InChI=1S/C56H49N/c1-54(2,3)38-29-33-50(45(34-38)36-18-9-8-10-19-36)57(39-30-31-49-46(35-39)42-23-14-15-26-47(42)55(49,4)5)51-32-28-37-20-11-12-21-40(37)52(51)44-25-17-24-43-41-22-13-16-27-48(41)56(6,7)53(43)44/h8-35H,1-7H3. The molecule has 8 aromatic carbocycles. The predicted octanol–water partition coefficient (Wildman–Crippen LogP) is 15.6. The number of nitrogens with zero attached hydrogens (tertiary/aromatic N) is 1. The van der Waals surface area contributed by atoms with Crippen LogP contribution in [0.1, 0.15) is 76.3 Å². The summed E-state index contributed by atoms with van der Waals surface area (Å²) in [7, 11) is 0. The average Bonchev–Trinajstić information content (AvgIpc) is 3.60. The smallest absolute Gasteiger partial charge is 0.0546 e. The third-order valence-electron chi connectivity index (χ3n) is 13.0. The van der Waals surface area contributed by atoms with Crippen molar-refractivity contribution in [3.8, 4) is 44.5 Å². The van der Waals surface area contributed by atoms with Gasteiger partial charge in [0.2, 0.25) is 0 Å². The van der Waals surface area contributed by atoms with Gasteiger partial charge in [-0.2, -0.15) is 0 Å². The molecule has 0 bridgehead atoms. The Morgan fingerprint density at radius 3 is 1.77 bits per heavy atom. The van der Waals surface area contributed by atoms with Crippen LogP contribution in [0.2, 0.25) is 0 Å². The van der Waals surface area contributed by atoms with Gasteiger partial charge in [0.1, 0.15) is 0 Å². The average molecular weight is 736 g/mol. The molecule has 0 fully saturated rings. The fourth-order valence-corrected chi connectivity index (χ4v) is 10.1. The fraction of sp³-hybridized carbons (Fsp3) is 0.179.